The van der Waals surface area contributed by atoms with Crippen molar-refractivity contribution in [2.24, 2.45) is 11.1 Å². The Kier molecular flexibility index (Phi) is 3.24. The van der Waals surface area contributed by atoms with Crippen LogP contribution in [0.15, 0.2) is 4.79 Å². The van der Waals surface area contributed by atoms with E-state index in [2.05, 4.69) is 15.0 Å². The highest BCUT2D eigenvalue weighted by molar-refractivity contribution is 7.89. The molecule has 5 N–H and O–H groups in total. The molecule has 1 aromatic rings. The number of nitrogens with one attached hydrogen (secondary N) is 1. The number of carbonyl (C=O) groups is 1. The van der Waals surface area contributed by atoms with Gasteiger partial charge < -0.3 is 5.73 Å². The number of nitrogens with zero attached hydrogens (tertiary/aromatic N) is 3. The maximum atomic E-state index is 11.8. The minimum Gasteiger partial charge on any atom is -0.369 e. The number of anilines is 2. The normalized spacial score (nSPS) is 19.9. The third-order valence-electron chi connectivity index (χ3n) is 2.57. The van der Waals surface area contributed by atoms with E-state index in [1.54, 1.807) is 0 Å². The summed E-state index contributed by atoms with van der Waals surface area (Å²) in [4.78, 5) is 33.4. The van der Waals surface area contributed by atoms with Gasteiger partial charge in [0.05, 0.1) is 5.75 Å². The minimum absolute atomic E-state index is 0.00644. The molecular weight excluding hydrogens is 276 g/mol. The van der Waals surface area contributed by atoms with E-state index < -0.39 is 21.6 Å². The Hall–Kier alpha value is -2.01. The Morgan fingerprint density at radius 2 is 2.05 bits per heavy atom. The maximum Gasteiger partial charge on any atom is 0.351 e. The summed E-state index contributed by atoms with van der Waals surface area (Å²) in [6.45, 7) is 0.0815. The van der Waals surface area contributed by atoms with Crippen LogP contribution >= 0.6 is 0 Å². The predicted molar refractivity (Wildman–Crippen MR) is 65.5 cm³/mol. The topological polar surface area (TPSA) is 165 Å². The third-order valence-corrected chi connectivity index (χ3v) is 3.51. The molecule has 2 rings (SSSR count). The molecule has 19 heavy (non-hydrogen) atoms. The Bertz CT molecular complexity index is 668. The van der Waals surface area contributed by atoms with E-state index in [-0.39, 0.29) is 36.5 Å². The van der Waals surface area contributed by atoms with Gasteiger partial charge in [0, 0.05) is 18.9 Å². The highest BCUT2D eigenvalue weighted by atomic mass is 32.2. The lowest BCUT2D eigenvalue weighted by atomic mass is 10.1. The zero-order chi connectivity index (χ0) is 14.2. The first-order chi connectivity index (χ1) is 8.74. The van der Waals surface area contributed by atoms with Crippen LogP contribution in [0.25, 0.3) is 0 Å². The molecule has 0 spiro atoms. The molecule has 0 aromatic carbocycles. The first-order valence-corrected chi connectivity index (χ1v) is 7.01. The lowest BCUT2D eigenvalue weighted by Gasteiger charge is -2.13. The van der Waals surface area contributed by atoms with Gasteiger partial charge in [0.2, 0.25) is 27.8 Å². The molecule has 1 aliphatic heterocycles. The van der Waals surface area contributed by atoms with Crippen LogP contribution in [0.5, 0.6) is 0 Å². The number of nitrogen functional groups attached to an aromatic ring is 1. The number of aromatic nitrogens is 3. The van der Waals surface area contributed by atoms with E-state index in [0.29, 0.717) is 0 Å². The molecule has 1 fully saturated rings. The average molecular weight is 288 g/mol. The molecule has 0 aliphatic carbocycles. The van der Waals surface area contributed by atoms with Crippen LogP contribution in [0.3, 0.4) is 0 Å². The van der Waals surface area contributed by atoms with Crippen molar-refractivity contribution in [2.75, 3.05) is 22.9 Å². The van der Waals surface area contributed by atoms with Crippen LogP contribution < -0.4 is 21.5 Å². The lowest BCUT2D eigenvalue weighted by Crippen LogP contribution is -2.31. The fourth-order valence-electron chi connectivity index (χ4n) is 1.92. The fourth-order valence-corrected chi connectivity index (χ4v) is 2.81. The Balaban J connectivity index is 2.22. The number of sulfonamides is 1. The highest BCUT2D eigenvalue weighted by Gasteiger charge is 2.34. The van der Waals surface area contributed by atoms with E-state index in [9.17, 15) is 18.0 Å². The smallest absolute Gasteiger partial charge is 0.351 e. The van der Waals surface area contributed by atoms with Crippen LogP contribution in [0.4, 0.5) is 11.9 Å². The van der Waals surface area contributed by atoms with Gasteiger partial charge in [-0.2, -0.15) is 9.97 Å². The van der Waals surface area contributed by atoms with Crippen LogP contribution in [0, 0.1) is 5.92 Å². The molecule has 104 valence electrons. The van der Waals surface area contributed by atoms with Gasteiger partial charge in [0.25, 0.3) is 0 Å². The van der Waals surface area contributed by atoms with Crippen molar-refractivity contribution in [2.45, 2.75) is 6.42 Å². The zero-order valence-corrected chi connectivity index (χ0v) is 10.6. The summed E-state index contributed by atoms with van der Waals surface area (Å²) in [5, 5.41) is 4.93. The molecular formula is C8H12N6O4S. The van der Waals surface area contributed by atoms with Crippen LogP contribution in [-0.4, -0.2) is 41.6 Å². The molecule has 1 unspecified atom stereocenters. The van der Waals surface area contributed by atoms with Gasteiger partial charge in [-0.25, -0.2) is 18.4 Å². The number of rotatable bonds is 3. The van der Waals surface area contributed by atoms with E-state index in [1.807, 2.05) is 0 Å². The molecule has 1 saturated heterocycles. The van der Waals surface area contributed by atoms with E-state index in [4.69, 9.17) is 10.9 Å². The minimum atomic E-state index is -3.67. The lowest BCUT2D eigenvalue weighted by molar-refractivity contribution is -0.117. The first-order valence-electron chi connectivity index (χ1n) is 5.29. The molecule has 2 heterocycles. The van der Waals surface area contributed by atoms with E-state index in [0.717, 1.165) is 4.90 Å². The molecule has 0 bridgehead atoms. The van der Waals surface area contributed by atoms with Gasteiger partial charge in [0.15, 0.2) is 0 Å². The number of H-pyrrole nitrogens is 1. The summed E-state index contributed by atoms with van der Waals surface area (Å²) < 4.78 is 22.0. The summed E-state index contributed by atoms with van der Waals surface area (Å²) >= 11 is 0. The maximum absolute atomic E-state index is 11.8. The van der Waals surface area contributed by atoms with E-state index >= 15 is 0 Å². The molecule has 11 heteroatoms. The number of hydrogen-bond donors (Lipinski definition) is 3. The standard InChI is InChI=1S/C8H12N6O4S/c9-6-11-7(13-8(16)12-6)14-2-4(1-5(14)15)3-19(10,17)18/h4H,1-3H2,(H2,10,17,18)(H3,9,11,12,13,16). The van der Waals surface area contributed by atoms with Gasteiger partial charge in [0.1, 0.15) is 0 Å². The first kappa shape index (κ1) is 13.4. The number of primary sulfonamides is 1. The number of carbonyl (C=O) groups excluding carboxylic acids is 1. The molecule has 1 aromatic heterocycles. The summed E-state index contributed by atoms with van der Waals surface area (Å²) in [6.07, 6.45) is 0.00644. The SMILES string of the molecule is Nc1nc(N2CC(CS(N)(=O)=O)CC2=O)nc(=O)[nH]1. The third kappa shape index (κ3) is 3.26. The van der Waals surface area contributed by atoms with Crippen molar-refractivity contribution >= 4 is 27.8 Å². The van der Waals surface area contributed by atoms with E-state index in [1.165, 1.54) is 0 Å². The van der Waals surface area contributed by atoms with Crippen molar-refractivity contribution < 1.29 is 13.2 Å². The van der Waals surface area contributed by atoms with Crippen LogP contribution in [-0.2, 0) is 14.8 Å². The van der Waals surface area contributed by atoms with Crippen molar-refractivity contribution in [3.63, 3.8) is 0 Å². The Morgan fingerprint density at radius 1 is 1.37 bits per heavy atom. The molecule has 0 radical (unpaired) electrons. The highest BCUT2D eigenvalue weighted by Crippen LogP contribution is 2.22. The zero-order valence-electron chi connectivity index (χ0n) is 9.74. The summed E-state index contributed by atoms with van der Waals surface area (Å²) in [6, 6.07) is 0. The number of amides is 1. The van der Waals surface area contributed by atoms with Gasteiger partial charge in [-0.1, -0.05) is 0 Å². The number of nitrogens with two attached hydrogens (primary N) is 2. The van der Waals surface area contributed by atoms with Gasteiger partial charge in [-0.15, -0.1) is 0 Å². The molecule has 1 aliphatic rings. The second-order valence-corrected chi connectivity index (χ2v) is 5.90. The second-order valence-electron chi connectivity index (χ2n) is 4.24. The Morgan fingerprint density at radius 3 is 2.63 bits per heavy atom. The Labute approximate surface area is 107 Å². The summed E-state index contributed by atoms with van der Waals surface area (Å²) in [5.41, 5.74) is 4.62. The average Bonchev–Trinajstić information content (AvgIpc) is 2.54. The van der Waals surface area contributed by atoms with Gasteiger partial charge >= 0.3 is 5.69 Å². The molecule has 0 saturated carbocycles. The summed E-state index contributed by atoms with van der Waals surface area (Å²) in [7, 11) is -3.67. The number of aromatic amines is 1. The van der Waals surface area contributed by atoms with Gasteiger partial charge in [-0.3, -0.25) is 14.7 Å². The van der Waals surface area contributed by atoms with Crippen molar-refractivity contribution in [1.82, 2.24) is 15.0 Å². The molecule has 1 amide bonds. The van der Waals surface area contributed by atoms with Crippen LogP contribution in [0.2, 0.25) is 0 Å². The van der Waals surface area contributed by atoms with Crippen molar-refractivity contribution in [3.8, 4) is 0 Å². The molecule has 10 nitrogen and oxygen atoms in total. The predicted octanol–water partition coefficient (Wildman–Crippen LogP) is -2.61. The fraction of sp³-hybridized carbons (Fsp3) is 0.500. The summed E-state index contributed by atoms with van der Waals surface area (Å²) in [5.74, 6) is -1.44. The van der Waals surface area contributed by atoms with Crippen molar-refractivity contribution in [1.29, 1.82) is 0 Å². The quantitative estimate of drug-likeness (QED) is 0.547. The monoisotopic (exact) mass is 288 g/mol. The van der Waals surface area contributed by atoms with Gasteiger partial charge in [-0.05, 0) is 0 Å². The van der Waals surface area contributed by atoms with Crippen molar-refractivity contribution in [3.05, 3.63) is 10.5 Å². The number of hydrogen-bond acceptors (Lipinski definition) is 7. The second kappa shape index (κ2) is 4.59. The largest absolute Gasteiger partial charge is 0.369 e. The molecule has 1 atom stereocenters. The van der Waals surface area contributed by atoms with Crippen LogP contribution in [0.1, 0.15) is 6.42 Å².